The third-order valence-corrected chi connectivity index (χ3v) is 5.60. The van der Waals surface area contributed by atoms with Crippen molar-refractivity contribution < 1.29 is 65.4 Å². The molecule has 5 aromatic rings. The average molecular weight is 584 g/mol. The van der Waals surface area contributed by atoms with E-state index in [1.807, 2.05) is 30.3 Å². The third-order valence-electron chi connectivity index (χ3n) is 5.60. The molecule has 0 unspecified atom stereocenters. The van der Waals surface area contributed by atoms with E-state index in [1.54, 1.807) is 0 Å². The molecule has 0 bridgehead atoms. The molecule has 0 saturated heterocycles. The van der Waals surface area contributed by atoms with Gasteiger partial charge in [-0.25, -0.2) is 0 Å². The van der Waals surface area contributed by atoms with Crippen LogP contribution in [0.25, 0.3) is 22.3 Å². The van der Waals surface area contributed by atoms with E-state index in [2.05, 4.69) is 103 Å². The standard InChI is InChI=1S/C32H22.2Y/c1-3-10-25(11-4-1)22-27-14-9-16-30(24-27)28-18-20-29(21-19-28)32-17-8-7-15-31(32)23-26-12-5-2-6-13-26;;/h1-10,12,14,16-21H,22-23H2;;/q-4;;. The maximum Gasteiger partial charge on any atom is 0 e. The second-order valence-electron chi connectivity index (χ2n) is 7.86. The summed E-state index contributed by atoms with van der Waals surface area (Å²) in [6.45, 7) is 0. The predicted octanol–water partition coefficient (Wildman–Crippen LogP) is 7.40. The molecule has 5 aromatic carbocycles. The first-order valence-electron chi connectivity index (χ1n) is 10.9. The van der Waals surface area contributed by atoms with Gasteiger partial charge in [0.05, 0.1) is 0 Å². The summed E-state index contributed by atoms with van der Waals surface area (Å²) in [5.74, 6) is 0. The first-order chi connectivity index (χ1) is 15.8. The van der Waals surface area contributed by atoms with Gasteiger partial charge in [0.2, 0.25) is 0 Å². The van der Waals surface area contributed by atoms with E-state index >= 15 is 0 Å². The fraction of sp³-hybridized carbons (Fsp3) is 0.0625. The molecule has 5 rings (SSSR count). The normalized spacial score (nSPS) is 10.1. The zero-order chi connectivity index (χ0) is 21.6. The van der Waals surface area contributed by atoms with E-state index < -0.39 is 0 Å². The number of benzene rings is 5. The Morgan fingerprint density at radius 2 is 1.09 bits per heavy atom. The number of hydrogen-bond acceptors (Lipinski definition) is 0. The Hall–Kier alpha value is -1.69. The van der Waals surface area contributed by atoms with Crippen molar-refractivity contribution in [3.05, 3.63) is 156 Å². The van der Waals surface area contributed by atoms with Gasteiger partial charge in [0.25, 0.3) is 0 Å². The molecule has 0 aliphatic carbocycles. The van der Waals surface area contributed by atoms with E-state index in [0.29, 0.717) is 0 Å². The van der Waals surface area contributed by atoms with E-state index in [9.17, 15) is 0 Å². The molecule has 0 heterocycles. The van der Waals surface area contributed by atoms with Crippen molar-refractivity contribution in [1.82, 2.24) is 0 Å². The van der Waals surface area contributed by atoms with Crippen LogP contribution in [0.4, 0.5) is 0 Å². The van der Waals surface area contributed by atoms with Crippen molar-refractivity contribution in [3.63, 3.8) is 0 Å². The Kier molecular flexibility index (Phi) is 10.6. The molecular weight excluding hydrogens is 562 g/mol. The molecule has 160 valence electrons. The van der Waals surface area contributed by atoms with Crippen LogP contribution < -0.4 is 0 Å². The summed E-state index contributed by atoms with van der Waals surface area (Å²) in [4.78, 5) is 0. The summed E-state index contributed by atoms with van der Waals surface area (Å²) in [5.41, 5.74) is 9.42. The van der Waals surface area contributed by atoms with Gasteiger partial charge in [-0.15, -0.1) is 41.0 Å². The third kappa shape index (κ3) is 6.93. The first kappa shape index (κ1) is 26.9. The van der Waals surface area contributed by atoms with Crippen molar-refractivity contribution in [3.8, 4) is 22.3 Å². The Bertz CT molecular complexity index is 1290. The Labute approximate surface area is 253 Å². The maximum absolute atomic E-state index is 3.58. The van der Waals surface area contributed by atoms with Crippen LogP contribution in [0.1, 0.15) is 22.3 Å². The van der Waals surface area contributed by atoms with Crippen LogP contribution in [0.5, 0.6) is 0 Å². The zero-order valence-electron chi connectivity index (χ0n) is 19.0. The molecule has 0 N–H and O–H groups in total. The van der Waals surface area contributed by atoms with E-state index in [0.717, 1.165) is 18.4 Å². The summed E-state index contributed by atoms with van der Waals surface area (Å²) in [6, 6.07) is 51.2. The zero-order valence-corrected chi connectivity index (χ0v) is 24.6. The van der Waals surface area contributed by atoms with Gasteiger partial charge in [0.1, 0.15) is 0 Å². The molecule has 0 aliphatic heterocycles. The molecular formula is C32H22Y2-4. The molecule has 0 amide bonds. The van der Waals surface area contributed by atoms with Crippen LogP contribution in [-0.2, 0) is 78.3 Å². The van der Waals surface area contributed by atoms with E-state index in [-0.39, 0.29) is 65.4 Å². The largest absolute Gasteiger partial charge is 0.180 e. The fourth-order valence-electron chi connectivity index (χ4n) is 3.98. The fourth-order valence-corrected chi connectivity index (χ4v) is 3.98. The van der Waals surface area contributed by atoms with Crippen LogP contribution in [0.3, 0.4) is 0 Å². The first-order valence-corrected chi connectivity index (χ1v) is 10.9. The molecule has 0 nitrogen and oxygen atoms in total. The summed E-state index contributed by atoms with van der Waals surface area (Å²) in [5, 5.41) is 0. The van der Waals surface area contributed by atoms with Gasteiger partial charge in [0, 0.05) is 65.4 Å². The molecule has 0 atom stereocenters. The molecule has 0 fully saturated rings. The van der Waals surface area contributed by atoms with Crippen LogP contribution in [0, 0.1) is 24.3 Å². The molecule has 2 radical (unpaired) electrons. The van der Waals surface area contributed by atoms with Gasteiger partial charge in [-0.2, -0.15) is 102 Å². The molecule has 0 spiro atoms. The second kappa shape index (κ2) is 13.4. The Balaban J connectivity index is 0.00000162. The quantitative estimate of drug-likeness (QED) is 0.183. The van der Waals surface area contributed by atoms with Crippen molar-refractivity contribution in [1.29, 1.82) is 0 Å². The molecule has 0 aliphatic rings. The summed E-state index contributed by atoms with van der Waals surface area (Å²) >= 11 is 0. The van der Waals surface area contributed by atoms with Crippen LogP contribution in [0.2, 0.25) is 0 Å². The topological polar surface area (TPSA) is 0 Å². The van der Waals surface area contributed by atoms with Crippen molar-refractivity contribution >= 4 is 0 Å². The van der Waals surface area contributed by atoms with Crippen molar-refractivity contribution in [2.75, 3.05) is 0 Å². The summed E-state index contributed by atoms with van der Waals surface area (Å²) < 4.78 is 0. The smallest absolute Gasteiger partial charge is 0 e. The van der Waals surface area contributed by atoms with Gasteiger partial charge in [-0.1, -0.05) is 35.4 Å². The minimum Gasteiger partial charge on any atom is -0.180 e. The number of rotatable bonds is 6. The van der Waals surface area contributed by atoms with E-state index in [4.69, 9.17) is 0 Å². The van der Waals surface area contributed by atoms with Gasteiger partial charge in [-0.05, 0) is 12.8 Å². The van der Waals surface area contributed by atoms with Crippen molar-refractivity contribution in [2.45, 2.75) is 12.8 Å². The van der Waals surface area contributed by atoms with Crippen LogP contribution >= 0.6 is 0 Å². The second-order valence-corrected chi connectivity index (χ2v) is 7.86. The summed E-state index contributed by atoms with van der Waals surface area (Å²) in [7, 11) is 0. The minimum atomic E-state index is 0. The van der Waals surface area contributed by atoms with E-state index in [1.165, 1.54) is 38.9 Å². The maximum atomic E-state index is 3.58. The molecule has 0 aromatic heterocycles. The Morgan fingerprint density at radius 3 is 1.76 bits per heavy atom. The molecule has 34 heavy (non-hydrogen) atoms. The van der Waals surface area contributed by atoms with Crippen molar-refractivity contribution in [2.24, 2.45) is 0 Å². The molecule has 2 heteroatoms. The van der Waals surface area contributed by atoms with Gasteiger partial charge < -0.3 is 0 Å². The predicted molar refractivity (Wildman–Crippen MR) is 131 cm³/mol. The van der Waals surface area contributed by atoms with Gasteiger partial charge in [0.15, 0.2) is 0 Å². The Morgan fingerprint density at radius 1 is 0.471 bits per heavy atom. The van der Waals surface area contributed by atoms with Crippen LogP contribution in [-0.4, -0.2) is 0 Å². The summed E-state index contributed by atoms with van der Waals surface area (Å²) in [6.07, 6.45) is 1.66. The SMILES string of the molecule is [Y].[Y].[c-]1ccccc1Cc1[c-]c(-c2ccc(-c3ccc[c-]c3Cc3[c-]cccc3)cc2)ccc1. The number of hydrogen-bond donors (Lipinski definition) is 0. The average Bonchev–Trinajstić information content (AvgIpc) is 2.86. The van der Waals surface area contributed by atoms with Crippen LogP contribution in [0.15, 0.2) is 109 Å². The molecule has 0 saturated carbocycles. The minimum absolute atomic E-state index is 0. The van der Waals surface area contributed by atoms with Gasteiger partial charge in [-0.3, -0.25) is 0 Å². The van der Waals surface area contributed by atoms with Gasteiger partial charge >= 0.3 is 0 Å². The monoisotopic (exact) mass is 584 g/mol.